The Labute approximate surface area is 186 Å². The number of amides is 1. The number of esters is 1. The van der Waals surface area contributed by atoms with Crippen molar-refractivity contribution in [2.75, 3.05) is 13.2 Å². The molecule has 1 heterocycles. The van der Waals surface area contributed by atoms with E-state index in [0.29, 0.717) is 47.2 Å². The Morgan fingerprint density at radius 3 is 2.58 bits per heavy atom. The average molecular weight is 481 g/mol. The van der Waals surface area contributed by atoms with Crippen LogP contribution in [0.3, 0.4) is 0 Å². The monoisotopic (exact) mass is 480 g/mol. The van der Waals surface area contributed by atoms with Crippen LogP contribution in [0.4, 0.5) is 0 Å². The molecule has 31 heavy (non-hydrogen) atoms. The van der Waals surface area contributed by atoms with Crippen molar-refractivity contribution in [2.24, 2.45) is 5.10 Å². The maximum absolute atomic E-state index is 12.3. The van der Waals surface area contributed by atoms with Crippen molar-refractivity contribution in [3.8, 4) is 17.2 Å². The smallest absolute Gasteiger partial charge is 0.343 e. The fourth-order valence-corrected chi connectivity index (χ4v) is 3.25. The third kappa shape index (κ3) is 5.29. The number of benzene rings is 3. The number of ether oxygens (including phenoxy) is 3. The summed E-state index contributed by atoms with van der Waals surface area (Å²) in [5.74, 6) is 0.656. The second kappa shape index (κ2) is 9.44. The lowest BCUT2D eigenvalue weighted by molar-refractivity contribution is 0.0734. The van der Waals surface area contributed by atoms with Gasteiger partial charge in [0.25, 0.3) is 5.91 Å². The molecule has 3 aromatic carbocycles. The molecule has 1 aliphatic rings. The number of hydrogen-bond donors (Lipinski definition) is 1. The number of carbonyl (C=O) groups excluding carboxylic acids is 2. The van der Waals surface area contributed by atoms with Crippen molar-refractivity contribution < 1.29 is 23.8 Å². The van der Waals surface area contributed by atoms with Crippen molar-refractivity contribution in [1.29, 1.82) is 0 Å². The highest BCUT2D eigenvalue weighted by Gasteiger charge is 2.14. The zero-order valence-electron chi connectivity index (χ0n) is 16.2. The predicted octanol–water partition coefficient (Wildman–Crippen LogP) is 4.20. The molecule has 0 spiro atoms. The molecule has 0 radical (unpaired) electrons. The summed E-state index contributed by atoms with van der Waals surface area (Å²) in [6, 6.07) is 18.7. The Balaban J connectivity index is 1.38. The summed E-state index contributed by atoms with van der Waals surface area (Å²) in [6.45, 7) is 0.929. The molecule has 0 fully saturated rings. The van der Waals surface area contributed by atoms with E-state index in [0.717, 1.165) is 4.47 Å². The first-order valence-corrected chi connectivity index (χ1v) is 10.2. The topological polar surface area (TPSA) is 86.2 Å². The molecule has 0 atom stereocenters. The second-order valence-electron chi connectivity index (χ2n) is 6.53. The van der Waals surface area contributed by atoms with Gasteiger partial charge in [0.15, 0.2) is 11.5 Å². The number of nitrogens with one attached hydrogen (secondary N) is 1. The molecule has 4 rings (SSSR count). The minimum absolute atomic E-state index is 0.368. The number of fused-ring (bicyclic) bond motifs is 1. The molecule has 1 aliphatic heterocycles. The van der Waals surface area contributed by atoms with Crippen molar-refractivity contribution in [3.05, 3.63) is 87.9 Å². The minimum atomic E-state index is -0.470. The van der Waals surface area contributed by atoms with E-state index in [9.17, 15) is 9.59 Å². The molecular weight excluding hydrogens is 464 g/mol. The van der Waals surface area contributed by atoms with Crippen LogP contribution in [0.15, 0.2) is 76.3 Å². The van der Waals surface area contributed by atoms with Gasteiger partial charge in [-0.2, -0.15) is 5.10 Å². The third-order valence-corrected chi connectivity index (χ3v) is 4.81. The van der Waals surface area contributed by atoms with E-state index in [1.807, 2.05) is 6.07 Å². The minimum Gasteiger partial charge on any atom is -0.486 e. The predicted molar refractivity (Wildman–Crippen MR) is 118 cm³/mol. The van der Waals surface area contributed by atoms with Gasteiger partial charge in [-0.3, -0.25) is 4.79 Å². The van der Waals surface area contributed by atoms with Gasteiger partial charge < -0.3 is 14.2 Å². The molecule has 0 aliphatic carbocycles. The summed E-state index contributed by atoms with van der Waals surface area (Å²) in [5, 5.41) is 3.98. The summed E-state index contributed by atoms with van der Waals surface area (Å²) in [5.41, 5.74) is 3.95. The summed E-state index contributed by atoms with van der Waals surface area (Å²) in [4.78, 5) is 24.6. The van der Waals surface area contributed by atoms with Crippen molar-refractivity contribution in [1.82, 2.24) is 5.43 Å². The van der Waals surface area contributed by atoms with Crippen LogP contribution in [0.5, 0.6) is 17.2 Å². The Kier molecular flexibility index (Phi) is 6.28. The van der Waals surface area contributed by atoms with E-state index in [1.54, 1.807) is 60.7 Å². The first-order valence-electron chi connectivity index (χ1n) is 9.39. The van der Waals surface area contributed by atoms with Crippen LogP contribution in [0.25, 0.3) is 0 Å². The molecule has 0 saturated heterocycles. The second-order valence-corrected chi connectivity index (χ2v) is 7.45. The fourth-order valence-electron chi connectivity index (χ4n) is 2.85. The Morgan fingerprint density at radius 2 is 1.74 bits per heavy atom. The lowest BCUT2D eigenvalue weighted by Crippen LogP contribution is -2.19. The van der Waals surface area contributed by atoms with Gasteiger partial charge in [-0.15, -0.1) is 0 Å². The highest BCUT2D eigenvalue weighted by molar-refractivity contribution is 9.10. The quantitative estimate of drug-likeness (QED) is 0.256. The Hall–Kier alpha value is -3.65. The molecular formula is C23H17BrN2O5. The zero-order valence-corrected chi connectivity index (χ0v) is 17.8. The Bertz CT molecular complexity index is 1160. The van der Waals surface area contributed by atoms with Crippen LogP contribution in [-0.2, 0) is 0 Å². The molecule has 1 N–H and O–H groups in total. The molecule has 0 bridgehead atoms. The summed E-state index contributed by atoms with van der Waals surface area (Å²) < 4.78 is 17.1. The van der Waals surface area contributed by atoms with Gasteiger partial charge >= 0.3 is 5.97 Å². The van der Waals surface area contributed by atoms with Gasteiger partial charge in [-0.1, -0.05) is 34.1 Å². The van der Waals surface area contributed by atoms with Gasteiger partial charge in [-0.05, 0) is 54.1 Å². The van der Waals surface area contributed by atoms with Crippen LogP contribution >= 0.6 is 15.9 Å². The first kappa shape index (κ1) is 20.6. The zero-order chi connectivity index (χ0) is 21.6. The lowest BCUT2D eigenvalue weighted by Gasteiger charge is -2.18. The van der Waals surface area contributed by atoms with Crippen LogP contribution < -0.4 is 19.6 Å². The van der Waals surface area contributed by atoms with E-state index in [4.69, 9.17) is 14.2 Å². The highest BCUT2D eigenvalue weighted by Crippen LogP contribution is 2.30. The van der Waals surface area contributed by atoms with Crippen LogP contribution in [0.1, 0.15) is 26.3 Å². The molecule has 156 valence electrons. The lowest BCUT2D eigenvalue weighted by atomic mass is 10.2. The summed E-state index contributed by atoms with van der Waals surface area (Å²) >= 11 is 3.33. The van der Waals surface area contributed by atoms with Crippen LogP contribution in [-0.4, -0.2) is 31.3 Å². The van der Waals surface area contributed by atoms with E-state index in [1.165, 1.54) is 6.21 Å². The number of nitrogens with zero attached hydrogens (tertiary/aromatic N) is 1. The van der Waals surface area contributed by atoms with Gasteiger partial charge in [0.05, 0.1) is 11.8 Å². The number of carbonyl (C=O) groups is 2. The van der Waals surface area contributed by atoms with Gasteiger partial charge in [0.2, 0.25) is 0 Å². The van der Waals surface area contributed by atoms with E-state index >= 15 is 0 Å². The van der Waals surface area contributed by atoms with Crippen LogP contribution in [0, 0.1) is 0 Å². The van der Waals surface area contributed by atoms with Crippen molar-refractivity contribution in [3.63, 3.8) is 0 Å². The molecule has 0 aromatic heterocycles. The van der Waals surface area contributed by atoms with E-state index in [2.05, 4.69) is 26.5 Å². The molecule has 0 saturated carbocycles. The third-order valence-electron chi connectivity index (χ3n) is 4.31. The maximum Gasteiger partial charge on any atom is 0.343 e. The fraction of sp³-hybridized carbons (Fsp3) is 0.0870. The first-order chi connectivity index (χ1) is 15.1. The molecule has 7 nitrogen and oxygen atoms in total. The molecule has 0 unspecified atom stereocenters. The van der Waals surface area contributed by atoms with Gasteiger partial charge in [-0.25, -0.2) is 10.2 Å². The molecule has 1 amide bonds. The number of hydrogen-bond acceptors (Lipinski definition) is 6. The highest BCUT2D eigenvalue weighted by atomic mass is 79.9. The van der Waals surface area contributed by atoms with Gasteiger partial charge in [0, 0.05) is 10.0 Å². The van der Waals surface area contributed by atoms with E-state index < -0.39 is 5.97 Å². The van der Waals surface area contributed by atoms with Crippen molar-refractivity contribution >= 4 is 34.0 Å². The number of halogens is 1. The molecule has 3 aromatic rings. The summed E-state index contributed by atoms with van der Waals surface area (Å²) in [7, 11) is 0. The number of hydrazone groups is 1. The van der Waals surface area contributed by atoms with Gasteiger partial charge in [0.1, 0.15) is 19.0 Å². The van der Waals surface area contributed by atoms with Crippen LogP contribution in [0.2, 0.25) is 0 Å². The van der Waals surface area contributed by atoms with Crippen molar-refractivity contribution in [2.45, 2.75) is 0 Å². The SMILES string of the molecule is O=C(NN=Cc1cccc(OC(=O)c2cccc(Br)c2)c1)c1ccc2c(c1)OCCO2. The normalized spacial score (nSPS) is 12.4. The summed E-state index contributed by atoms with van der Waals surface area (Å²) in [6.07, 6.45) is 1.46. The average Bonchev–Trinajstić information content (AvgIpc) is 2.79. The number of rotatable bonds is 5. The Morgan fingerprint density at radius 1 is 0.935 bits per heavy atom. The standard InChI is InChI=1S/C23H17BrN2O5/c24-18-5-2-4-17(12-18)23(28)31-19-6-1-3-15(11-19)14-25-26-22(27)16-7-8-20-21(13-16)30-10-9-29-20/h1-8,11-14H,9-10H2,(H,26,27). The largest absolute Gasteiger partial charge is 0.486 e. The van der Waals surface area contributed by atoms with E-state index in [-0.39, 0.29) is 5.91 Å². The maximum atomic E-state index is 12.3. The molecule has 8 heteroatoms.